The highest BCUT2D eigenvalue weighted by Crippen LogP contribution is 2.38. The van der Waals surface area contributed by atoms with Gasteiger partial charge in [0.1, 0.15) is 5.01 Å². The Kier molecular flexibility index (Phi) is 6.28. The van der Waals surface area contributed by atoms with Crippen LogP contribution >= 0.6 is 11.3 Å². The number of anilines is 1. The number of aromatic nitrogens is 2. The maximum atomic E-state index is 13.0. The summed E-state index contributed by atoms with van der Waals surface area (Å²) in [4.78, 5) is 23.8. The standard InChI is InChI=1S/C30H30N4O2S/c1-18-4-6-21(7-5-18)30-33-28(17-37-30)22-8-9-26-23(14-22)24(29(35)32-26)15-27-19(2)25(20(3)31-27)16-34-10-12-36-13-11-34/h4-9,14-15,17,31H,10-13,16H2,1-3H3,(H,32,35)/b24-15-. The Balaban J connectivity index is 1.31. The minimum Gasteiger partial charge on any atom is -0.379 e. The fraction of sp³-hybridized carbons (Fsp3) is 0.267. The van der Waals surface area contributed by atoms with Crippen molar-refractivity contribution in [3.05, 3.63) is 81.5 Å². The average Bonchev–Trinajstić information content (AvgIpc) is 3.58. The van der Waals surface area contributed by atoms with Crippen molar-refractivity contribution in [1.29, 1.82) is 0 Å². The summed E-state index contributed by atoms with van der Waals surface area (Å²) >= 11 is 1.64. The van der Waals surface area contributed by atoms with Gasteiger partial charge in [0.25, 0.3) is 5.91 Å². The van der Waals surface area contributed by atoms with Crippen LogP contribution in [0.1, 0.15) is 33.6 Å². The Morgan fingerprint density at radius 3 is 2.59 bits per heavy atom. The van der Waals surface area contributed by atoms with Crippen LogP contribution in [0.2, 0.25) is 0 Å². The normalized spacial score (nSPS) is 16.8. The summed E-state index contributed by atoms with van der Waals surface area (Å²) in [6.45, 7) is 10.7. The summed E-state index contributed by atoms with van der Waals surface area (Å²) in [5, 5.41) is 6.10. The van der Waals surface area contributed by atoms with Gasteiger partial charge in [-0.1, -0.05) is 35.9 Å². The number of hydrogen-bond acceptors (Lipinski definition) is 5. The molecule has 0 bridgehead atoms. The molecule has 6 rings (SSSR count). The maximum absolute atomic E-state index is 13.0. The molecule has 4 heterocycles. The molecule has 2 aromatic heterocycles. The van der Waals surface area contributed by atoms with Gasteiger partial charge >= 0.3 is 0 Å². The lowest BCUT2D eigenvalue weighted by Crippen LogP contribution is -2.35. The molecule has 0 aliphatic carbocycles. The van der Waals surface area contributed by atoms with E-state index in [0.29, 0.717) is 5.57 Å². The maximum Gasteiger partial charge on any atom is 0.256 e. The van der Waals surface area contributed by atoms with Crippen LogP contribution < -0.4 is 5.32 Å². The van der Waals surface area contributed by atoms with E-state index in [0.717, 1.165) is 77.3 Å². The molecule has 1 amide bonds. The molecule has 2 N–H and O–H groups in total. The van der Waals surface area contributed by atoms with Crippen molar-refractivity contribution in [2.75, 3.05) is 31.6 Å². The number of carbonyl (C=O) groups is 1. The fourth-order valence-electron chi connectivity index (χ4n) is 5.05. The number of hydrogen-bond donors (Lipinski definition) is 2. The molecule has 2 aromatic carbocycles. The Labute approximate surface area is 221 Å². The Hall–Kier alpha value is -3.52. The van der Waals surface area contributed by atoms with Crippen LogP contribution in [-0.4, -0.2) is 47.1 Å². The summed E-state index contributed by atoms with van der Waals surface area (Å²) in [6.07, 6.45) is 1.99. The Morgan fingerprint density at radius 2 is 1.81 bits per heavy atom. The van der Waals surface area contributed by atoms with Gasteiger partial charge in [0.05, 0.1) is 24.5 Å². The van der Waals surface area contributed by atoms with E-state index < -0.39 is 0 Å². The predicted molar refractivity (Wildman–Crippen MR) is 151 cm³/mol. The number of aromatic amines is 1. The van der Waals surface area contributed by atoms with Gasteiger partial charge in [-0.05, 0) is 50.1 Å². The van der Waals surface area contributed by atoms with E-state index >= 15 is 0 Å². The van der Waals surface area contributed by atoms with Crippen LogP contribution in [0.4, 0.5) is 5.69 Å². The molecule has 6 nitrogen and oxygen atoms in total. The van der Waals surface area contributed by atoms with E-state index in [1.807, 2.05) is 18.2 Å². The minimum absolute atomic E-state index is 0.0767. The van der Waals surface area contributed by atoms with Crippen molar-refractivity contribution in [2.24, 2.45) is 0 Å². The second-order valence-corrected chi connectivity index (χ2v) is 10.7. The molecule has 1 saturated heterocycles. The molecule has 0 saturated carbocycles. The number of rotatable bonds is 5. The third-order valence-electron chi connectivity index (χ3n) is 7.31. The third-order valence-corrected chi connectivity index (χ3v) is 8.20. The molecular weight excluding hydrogens is 480 g/mol. The number of ether oxygens (including phenoxy) is 1. The van der Waals surface area contributed by atoms with Crippen molar-refractivity contribution in [1.82, 2.24) is 14.9 Å². The molecule has 0 spiro atoms. The number of amides is 1. The summed E-state index contributed by atoms with van der Waals surface area (Å²) in [5.74, 6) is -0.0767. The van der Waals surface area contributed by atoms with E-state index in [-0.39, 0.29) is 5.91 Å². The first kappa shape index (κ1) is 23.9. The van der Waals surface area contributed by atoms with Gasteiger partial charge in [-0.15, -0.1) is 11.3 Å². The van der Waals surface area contributed by atoms with E-state index in [1.165, 1.54) is 16.7 Å². The van der Waals surface area contributed by atoms with Crippen LogP contribution in [0, 0.1) is 20.8 Å². The van der Waals surface area contributed by atoms with Crippen molar-refractivity contribution < 1.29 is 9.53 Å². The molecule has 37 heavy (non-hydrogen) atoms. The first-order valence-electron chi connectivity index (χ1n) is 12.6. The van der Waals surface area contributed by atoms with Gasteiger partial charge in [0, 0.05) is 58.8 Å². The number of carbonyl (C=O) groups excluding carboxylic acids is 1. The number of aryl methyl sites for hydroxylation is 2. The zero-order valence-electron chi connectivity index (χ0n) is 21.4. The molecule has 0 atom stereocenters. The predicted octanol–water partition coefficient (Wildman–Crippen LogP) is 6.06. The van der Waals surface area contributed by atoms with E-state index in [2.05, 4.69) is 71.7 Å². The lowest BCUT2D eigenvalue weighted by atomic mass is 10.0. The lowest BCUT2D eigenvalue weighted by molar-refractivity contribution is -0.110. The molecule has 7 heteroatoms. The van der Waals surface area contributed by atoms with Gasteiger partial charge in [0.2, 0.25) is 0 Å². The van der Waals surface area contributed by atoms with Gasteiger partial charge < -0.3 is 15.0 Å². The number of nitrogens with zero attached hydrogens (tertiary/aromatic N) is 2. The summed E-state index contributed by atoms with van der Waals surface area (Å²) in [7, 11) is 0. The van der Waals surface area contributed by atoms with Gasteiger partial charge in [-0.25, -0.2) is 4.98 Å². The first-order valence-corrected chi connectivity index (χ1v) is 13.5. The fourth-order valence-corrected chi connectivity index (χ4v) is 5.88. The second-order valence-electron chi connectivity index (χ2n) is 9.83. The minimum atomic E-state index is -0.0767. The summed E-state index contributed by atoms with van der Waals surface area (Å²) in [5.41, 5.74) is 11.3. The molecule has 0 radical (unpaired) electrons. The topological polar surface area (TPSA) is 70.2 Å². The molecule has 0 unspecified atom stereocenters. The lowest BCUT2D eigenvalue weighted by Gasteiger charge is -2.26. The van der Waals surface area contributed by atoms with Crippen molar-refractivity contribution in [3.63, 3.8) is 0 Å². The number of morpholine rings is 1. The number of thiazole rings is 1. The van der Waals surface area contributed by atoms with Crippen LogP contribution in [0.15, 0.2) is 47.8 Å². The Bertz CT molecular complexity index is 1510. The van der Waals surface area contributed by atoms with Gasteiger partial charge in [-0.2, -0.15) is 0 Å². The Morgan fingerprint density at radius 1 is 1.05 bits per heavy atom. The molecule has 2 aliphatic heterocycles. The highest BCUT2D eigenvalue weighted by Gasteiger charge is 2.26. The second kappa shape index (κ2) is 9.74. The number of benzene rings is 2. The van der Waals surface area contributed by atoms with E-state index in [4.69, 9.17) is 9.72 Å². The molecular formula is C30H30N4O2S. The van der Waals surface area contributed by atoms with Crippen molar-refractivity contribution >= 4 is 34.6 Å². The SMILES string of the molecule is Cc1ccc(-c2nc(-c3ccc4c(c3)/C(=C/c3[nH]c(C)c(CN5CCOCC5)c3C)C(=O)N4)cs2)cc1. The van der Waals surface area contributed by atoms with Crippen LogP contribution in [-0.2, 0) is 16.1 Å². The van der Waals surface area contributed by atoms with Gasteiger partial charge in [0.15, 0.2) is 0 Å². The number of H-pyrrole nitrogens is 1. The van der Waals surface area contributed by atoms with E-state index in [1.54, 1.807) is 11.3 Å². The zero-order chi connectivity index (χ0) is 25.5. The average molecular weight is 511 g/mol. The molecule has 188 valence electrons. The molecule has 1 fully saturated rings. The third kappa shape index (κ3) is 4.66. The van der Waals surface area contributed by atoms with E-state index in [9.17, 15) is 4.79 Å². The molecule has 4 aromatic rings. The van der Waals surface area contributed by atoms with Crippen molar-refractivity contribution in [2.45, 2.75) is 27.3 Å². The van der Waals surface area contributed by atoms with Crippen molar-refractivity contribution in [3.8, 4) is 21.8 Å². The van der Waals surface area contributed by atoms with Crippen LogP contribution in [0.5, 0.6) is 0 Å². The highest BCUT2D eigenvalue weighted by molar-refractivity contribution is 7.13. The zero-order valence-corrected chi connectivity index (χ0v) is 22.2. The first-order chi connectivity index (χ1) is 18.0. The number of fused-ring (bicyclic) bond motifs is 1. The smallest absolute Gasteiger partial charge is 0.256 e. The quantitative estimate of drug-likeness (QED) is 0.321. The summed E-state index contributed by atoms with van der Waals surface area (Å²) < 4.78 is 5.50. The highest BCUT2D eigenvalue weighted by atomic mass is 32.1. The summed E-state index contributed by atoms with van der Waals surface area (Å²) in [6, 6.07) is 14.5. The largest absolute Gasteiger partial charge is 0.379 e. The van der Waals surface area contributed by atoms with Crippen LogP contribution in [0.3, 0.4) is 0 Å². The monoisotopic (exact) mass is 510 g/mol. The molecule has 2 aliphatic rings. The van der Waals surface area contributed by atoms with Gasteiger partial charge in [-0.3, -0.25) is 9.69 Å². The van der Waals surface area contributed by atoms with Crippen LogP contribution in [0.25, 0.3) is 33.5 Å². The number of nitrogens with one attached hydrogen (secondary N) is 2.